The molecule has 1 aromatic carbocycles. The lowest BCUT2D eigenvalue weighted by Gasteiger charge is -2.15. The third-order valence-corrected chi connectivity index (χ3v) is 3.45. The van der Waals surface area contributed by atoms with E-state index in [-0.39, 0.29) is 18.5 Å². The van der Waals surface area contributed by atoms with Crippen LogP contribution in [0.2, 0.25) is 0 Å². The second kappa shape index (κ2) is 7.72. The maximum absolute atomic E-state index is 13.1. The molecular weight excluding hydrogens is 331 g/mol. The number of nitrogens with one attached hydrogen (secondary N) is 1. The van der Waals surface area contributed by atoms with Gasteiger partial charge in [-0.3, -0.25) is 0 Å². The molecule has 136 valence electrons. The molecule has 1 heterocycles. The summed E-state index contributed by atoms with van der Waals surface area (Å²) < 4.78 is 44.5. The molecule has 0 spiro atoms. The lowest BCUT2D eigenvalue weighted by Crippen LogP contribution is -2.14. The van der Waals surface area contributed by atoms with Gasteiger partial charge in [0.25, 0.3) is 0 Å². The number of benzene rings is 1. The van der Waals surface area contributed by atoms with E-state index < -0.39 is 17.6 Å². The molecule has 0 unspecified atom stereocenters. The number of nitrogens with zero attached hydrogens (tertiary/aromatic N) is 2. The van der Waals surface area contributed by atoms with Gasteiger partial charge in [0.2, 0.25) is 11.8 Å². The first-order valence-electron chi connectivity index (χ1n) is 8.11. The van der Waals surface area contributed by atoms with Crippen molar-refractivity contribution in [3.63, 3.8) is 0 Å². The number of ether oxygens (including phenoxy) is 1. The lowest BCUT2D eigenvalue weighted by atomic mass is 10.0. The van der Waals surface area contributed by atoms with Crippen LogP contribution in [0.25, 0.3) is 0 Å². The fourth-order valence-corrected chi connectivity index (χ4v) is 2.06. The van der Waals surface area contributed by atoms with Crippen LogP contribution in [0.4, 0.5) is 24.8 Å². The third kappa shape index (κ3) is 5.34. The van der Waals surface area contributed by atoms with Gasteiger partial charge < -0.3 is 10.1 Å². The van der Waals surface area contributed by atoms with Crippen LogP contribution >= 0.6 is 0 Å². The summed E-state index contributed by atoms with van der Waals surface area (Å²) in [5.74, 6) is 0.0741. The fraction of sp³-hybridized carbons (Fsp3) is 0.444. The number of aromatic nitrogens is 2. The molecule has 25 heavy (non-hydrogen) atoms. The topological polar surface area (TPSA) is 47.0 Å². The van der Waals surface area contributed by atoms with E-state index in [0.717, 1.165) is 6.20 Å². The van der Waals surface area contributed by atoms with E-state index in [9.17, 15) is 13.2 Å². The van der Waals surface area contributed by atoms with Crippen LogP contribution in [0.1, 0.15) is 44.7 Å². The summed E-state index contributed by atoms with van der Waals surface area (Å²) in [6.07, 6.45) is -3.82. The number of hydrogen-bond acceptors (Lipinski definition) is 4. The second-order valence-electron chi connectivity index (χ2n) is 6.52. The first-order chi connectivity index (χ1) is 11.7. The number of anilines is 2. The molecule has 0 saturated carbocycles. The molecule has 0 amide bonds. The van der Waals surface area contributed by atoms with Gasteiger partial charge in [0.15, 0.2) is 0 Å². The van der Waals surface area contributed by atoms with Crippen LogP contribution in [0.3, 0.4) is 0 Å². The monoisotopic (exact) mass is 353 g/mol. The van der Waals surface area contributed by atoms with E-state index >= 15 is 0 Å². The molecule has 1 N–H and O–H groups in total. The number of halogens is 3. The van der Waals surface area contributed by atoms with E-state index in [0.29, 0.717) is 11.6 Å². The van der Waals surface area contributed by atoms with Crippen molar-refractivity contribution < 1.29 is 17.9 Å². The highest BCUT2D eigenvalue weighted by Crippen LogP contribution is 2.35. The Labute approximate surface area is 145 Å². The molecule has 0 saturated heterocycles. The van der Waals surface area contributed by atoms with Crippen molar-refractivity contribution in [3.8, 4) is 5.88 Å². The van der Waals surface area contributed by atoms with Crippen molar-refractivity contribution in [1.29, 1.82) is 0 Å². The zero-order valence-electron chi connectivity index (χ0n) is 14.7. The molecule has 1 aromatic heterocycles. The van der Waals surface area contributed by atoms with E-state index in [1.807, 2.05) is 38.1 Å². The van der Waals surface area contributed by atoms with Gasteiger partial charge in [0, 0.05) is 11.9 Å². The Morgan fingerprint density at radius 1 is 1.08 bits per heavy atom. The van der Waals surface area contributed by atoms with Gasteiger partial charge in [-0.2, -0.15) is 18.2 Å². The van der Waals surface area contributed by atoms with Gasteiger partial charge in [-0.15, -0.1) is 0 Å². The lowest BCUT2D eigenvalue weighted by molar-refractivity contribution is -0.139. The minimum Gasteiger partial charge on any atom is -0.477 e. The molecule has 0 aliphatic heterocycles. The van der Waals surface area contributed by atoms with E-state index in [2.05, 4.69) is 29.1 Å². The molecule has 0 atom stereocenters. The van der Waals surface area contributed by atoms with Gasteiger partial charge in [0.05, 0.1) is 6.61 Å². The Kier molecular flexibility index (Phi) is 5.87. The summed E-state index contributed by atoms with van der Waals surface area (Å²) in [5.41, 5.74) is 0.882. The SMILES string of the molecule is CC(C)COc1nc(Nc2ccc(C(C)C)cc2)ncc1C(F)(F)F. The molecule has 0 fully saturated rings. The van der Waals surface area contributed by atoms with Crippen molar-refractivity contribution in [2.45, 2.75) is 39.8 Å². The predicted octanol–water partition coefficient (Wildman–Crippen LogP) is 5.40. The fourth-order valence-electron chi connectivity index (χ4n) is 2.06. The smallest absolute Gasteiger partial charge is 0.423 e. The average Bonchev–Trinajstić information content (AvgIpc) is 2.52. The number of rotatable bonds is 6. The largest absolute Gasteiger partial charge is 0.477 e. The molecule has 2 aromatic rings. The van der Waals surface area contributed by atoms with Crippen molar-refractivity contribution >= 4 is 11.6 Å². The van der Waals surface area contributed by atoms with Crippen LogP contribution in [0.5, 0.6) is 5.88 Å². The van der Waals surface area contributed by atoms with Crippen LogP contribution in [0, 0.1) is 5.92 Å². The summed E-state index contributed by atoms with van der Waals surface area (Å²) in [5, 5.41) is 2.91. The van der Waals surface area contributed by atoms with Crippen LogP contribution in [0.15, 0.2) is 30.5 Å². The average molecular weight is 353 g/mol. The van der Waals surface area contributed by atoms with Gasteiger partial charge in [-0.05, 0) is 29.5 Å². The quantitative estimate of drug-likeness (QED) is 0.755. The maximum Gasteiger partial charge on any atom is 0.423 e. The first-order valence-corrected chi connectivity index (χ1v) is 8.11. The van der Waals surface area contributed by atoms with Gasteiger partial charge in [-0.25, -0.2) is 4.98 Å². The highest BCUT2D eigenvalue weighted by Gasteiger charge is 2.36. The van der Waals surface area contributed by atoms with Crippen molar-refractivity contribution in [2.24, 2.45) is 5.92 Å². The Balaban J connectivity index is 2.24. The van der Waals surface area contributed by atoms with Gasteiger partial charge >= 0.3 is 6.18 Å². The zero-order valence-corrected chi connectivity index (χ0v) is 14.7. The highest BCUT2D eigenvalue weighted by atomic mass is 19.4. The molecule has 0 aliphatic rings. The predicted molar refractivity (Wildman–Crippen MR) is 91.2 cm³/mol. The zero-order chi connectivity index (χ0) is 18.6. The van der Waals surface area contributed by atoms with Gasteiger partial charge in [-0.1, -0.05) is 39.8 Å². The summed E-state index contributed by atoms with van der Waals surface area (Å²) in [6.45, 7) is 8.01. The number of hydrogen-bond donors (Lipinski definition) is 1. The molecule has 0 bridgehead atoms. The van der Waals surface area contributed by atoms with E-state index in [4.69, 9.17) is 4.74 Å². The minimum atomic E-state index is -4.57. The Morgan fingerprint density at radius 3 is 2.24 bits per heavy atom. The van der Waals surface area contributed by atoms with Gasteiger partial charge in [0.1, 0.15) is 5.56 Å². The molecular formula is C18H22F3N3O. The van der Waals surface area contributed by atoms with Crippen molar-refractivity contribution in [3.05, 3.63) is 41.6 Å². The minimum absolute atomic E-state index is 0.0593. The Morgan fingerprint density at radius 2 is 1.72 bits per heavy atom. The molecule has 7 heteroatoms. The standard InChI is InChI=1S/C18H22F3N3O/c1-11(2)10-25-16-15(18(19,20)21)9-22-17(24-16)23-14-7-5-13(6-8-14)12(3)4/h5-9,11-12H,10H2,1-4H3,(H,22,23,24). The normalized spacial score (nSPS) is 11.9. The molecule has 0 aliphatic carbocycles. The van der Waals surface area contributed by atoms with Crippen molar-refractivity contribution in [2.75, 3.05) is 11.9 Å². The maximum atomic E-state index is 13.1. The second-order valence-corrected chi connectivity index (χ2v) is 6.52. The van der Waals surface area contributed by atoms with E-state index in [1.54, 1.807) is 0 Å². The molecule has 2 rings (SSSR count). The first kappa shape index (κ1) is 19.0. The summed E-state index contributed by atoms with van der Waals surface area (Å²) in [6, 6.07) is 7.58. The summed E-state index contributed by atoms with van der Waals surface area (Å²) in [7, 11) is 0. The van der Waals surface area contributed by atoms with Crippen LogP contribution in [-0.4, -0.2) is 16.6 Å². The molecule has 0 radical (unpaired) electrons. The van der Waals surface area contributed by atoms with Crippen molar-refractivity contribution in [1.82, 2.24) is 9.97 Å². The van der Waals surface area contributed by atoms with Crippen LogP contribution < -0.4 is 10.1 Å². The number of alkyl halides is 3. The molecule has 4 nitrogen and oxygen atoms in total. The Bertz CT molecular complexity index is 698. The third-order valence-electron chi connectivity index (χ3n) is 3.45. The van der Waals surface area contributed by atoms with E-state index in [1.165, 1.54) is 5.56 Å². The summed E-state index contributed by atoms with van der Waals surface area (Å²) in [4.78, 5) is 7.66. The highest BCUT2D eigenvalue weighted by molar-refractivity contribution is 5.54. The van der Waals surface area contributed by atoms with Crippen LogP contribution in [-0.2, 0) is 6.18 Å². The Hall–Kier alpha value is -2.31. The summed E-state index contributed by atoms with van der Waals surface area (Å²) >= 11 is 0.